The van der Waals surface area contributed by atoms with Gasteiger partial charge in [0.15, 0.2) is 0 Å². The van der Waals surface area contributed by atoms with Crippen molar-refractivity contribution in [2.75, 3.05) is 33.4 Å². The molecule has 3 rings (SSSR count). The van der Waals surface area contributed by atoms with Crippen LogP contribution in [0.4, 0.5) is 0 Å². The first-order chi connectivity index (χ1) is 15.2. The van der Waals surface area contributed by atoms with E-state index in [4.69, 9.17) is 9.47 Å². The Bertz CT molecular complexity index is 823. The number of amides is 2. The molecule has 31 heavy (non-hydrogen) atoms. The highest BCUT2D eigenvalue weighted by Crippen LogP contribution is 2.18. The molecule has 0 radical (unpaired) electrons. The van der Waals surface area contributed by atoms with Crippen LogP contribution in [0.15, 0.2) is 54.6 Å². The Morgan fingerprint density at radius 3 is 2.58 bits per heavy atom. The molecule has 1 unspecified atom stereocenters. The Hall–Kier alpha value is -3.02. The van der Waals surface area contributed by atoms with Crippen molar-refractivity contribution in [2.24, 2.45) is 5.92 Å². The predicted octanol–water partition coefficient (Wildman–Crippen LogP) is 3.45. The lowest BCUT2D eigenvalue weighted by Gasteiger charge is -2.32. The lowest BCUT2D eigenvalue weighted by atomic mass is 9.96. The number of benzene rings is 2. The van der Waals surface area contributed by atoms with E-state index in [1.165, 1.54) is 5.56 Å². The Kier molecular flexibility index (Phi) is 8.76. The first-order valence-electron chi connectivity index (χ1n) is 11.0. The van der Waals surface area contributed by atoms with Crippen molar-refractivity contribution in [3.05, 3.63) is 60.2 Å². The molecule has 2 amide bonds. The molecular formula is C25H32N2O4. The van der Waals surface area contributed by atoms with Gasteiger partial charge >= 0.3 is 0 Å². The van der Waals surface area contributed by atoms with Crippen molar-refractivity contribution in [1.82, 2.24) is 10.2 Å². The molecule has 0 saturated carbocycles. The van der Waals surface area contributed by atoms with Crippen LogP contribution in [-0.2, 0) is 16.0 Å². The number of nitrogens with zero attached hydrogens (tertiary/aromatic N) is 1. The molecule has 1 fully saturated rings. The topological polar surface area (TPSA) is 67.9 Å². The summed E-state index contributed by atoms with van der Waals surface area (Å²) in [5, 5.41) is 3.04. The second-order valence-electron chi connectivity index (χ2n) is 7.83. The van der Waals surface area contributed by atoms with Gasteiger partial charge in [-0.15, -0.1) is 0 Å². The van der Waals surface area contributed by atoms with Crippen molar-refractivity contribution in [3.63, 3.8) is 0 Å². The summed E-state index contributed by atoms with van der Waals surface area (Å²) in [6, 6.07) is 17.5. The molecule has 1 N–H and O–H groups in total. The summed E-state index contributed by atoms with van der Waals surface area (Å²) in [6.07, 6.45) is 3.79. The second-order valence-corrected chi connectivity index (χ2v) is 7.83. The molecule has 1 aliphatic heterocycles. The van der Waals surface area contributed by atoms with Gasteiger partial charge in [-0.2, -0.15) is 0 Å². The van der Waals surface area contributed by atoms with Crippen LogP contribution in [0.1, 0.15) is 31.2 Å². The Morgan fingerprint density at radius 1 is 1.06 bits per heavy atom. The van der Waals surface area contributed by atoms with E-state index in [-0.39, 0.29) is 17.7 Å². The summed E-state index contributed by atoms with van der Waals surface area (Å²) >= 11 is 0. The van der Waals surface area contributed by atoms with Crippen LogP contribution in [0.25, 0.3) is 0 Å². The minimum atomic E-state index is -0.131. The average molecular weight is 425 g/mol. The first kappa shape index (κ1) is 22.7. The molecule has 166 valence electrons. The molecular weight excluding hydrogens is 392 g/mol. The van der Waals surface area contributed by atoms with Gasteiger partial charge in [-0.25, -0.2) is 0 Å². The normalized spacial score (nSPS) is 15.9. The smallest absolute Gasteiger partial charge is 0.226 e. The van der Waals surface area contributed by atoms with Crippen LogP contribution in [0, 0.1) is 5.92 Å². The largest absolute Gasteiger partial charge is 0.497 e. The van der Waals surface area contributed by atoms with Crippen LogP contribution in [0.3, 0.4) is 0 Å². The fourth-order valence-corrected chi connectivity index (χ4v) is 3.79. The van der Waals surface area contributed by atoms with E-state index in [0.717, 1.165) is 37.2 Å². The van der Waals surface area contributed by atoms with E-state index in [1.807, 2.05) is 54.6 Å². The van der Waals surface area contributed by atoms with Crippen molar-refractivity contribution < 1.29 is 19.1 Å². The third-order valence-electron chi connectivity index (χ3n) is 5.57. The minimum absolute atomic E-state index is 0.0489. The molecule has 0 bridgehead atoms. The highest BCUT2D eigenvalue weighted by molar-refractivity contribution is 5.81. The number of para-hydroxylation sites is 1. The summed E-state index contributed by atoms with van der Waals surface area (Å²) in [5.74, 6) is 1.58. The summed E-state index contributed by atoms with van der Waals surface area (Å²) in [6.45, 7) is 2.20. The van der Waals surface area contributed by atoms with Crippen LogP contribution in [0.2, 0.25) is 0 Å². The quantitative estimate of drug-likeness (QED) is 0.593. The number of carbonyl (C=O) groups excluding carboxylic acids is 2. The molecule has 0 aliphatic carbocycles. The van der Waals surface area contributed by atoms with Crippen molar-refractivity contribution in [1.29, 1.82) is 0 Å². The van der Waals surface area contributed by atoms with Crippen LogP contribution >= 0.6 is 0 Å². The fraction of sp³-hybridized carbons (Fsp3) is 0.440. The Labute approximate surface area is 184 Å². The monoisotopic (exact) mass is 424 g/mol. The number of carbonyl (C=O) groups is 2. The van der Waals surface area contributed by atoms with E-state index in [2.05, 4.69) is 5.32 Å². The molecule has 1 heterocycles. The third kappa shape index (κ3) is 7.31. The zero-order valence-electron chi connectivity index (χ0n) is 18.2. The molecule has 1 aliphatic rings. The highest BCUT2D eigenvalue weighted by Gasteiger charge is 2.28. The third-order valence-corrected chi connectivity index (χ3v) is 5.57. The number of piperidine rings is 1. The molecule has 0 aromatic heterocycles. The van der Waals surface area contributed by atoms with Gasteiger partial charge in [0.05, 0.1) is 26.1 Å². The SMILES string of the molecule is COc1ccc(CCCNC(=O)C2CCCN(C(=O)CCOc3ccccc3)C2)cc1. The van der Waals surface area contributed by atoms with E-state index in [9.17, 15) is 9.59 Å². The number of aryl methyl sites for hydroxylation is 1. The van der Waals surface area contributed by atoms with Gasteiger partial charge in [-0.1, -0.05) is 30.3 Å². The highest BCUT2D eigenvalue weighted by atomic mass is 16.5. The summed E-state index contributed by atoms with van der Waals surface area (Å²) < 4.78 is 10.8. The van der Waals surface area contributed by atoms with Crippen LogP contribution < -0.4 is 14.8 Å². The summed E-state index contributed by atoms with van der Waals surface area (Å²) in [4.78, 5) is 26.9. The van der Waals surface area contributed by atoms with Crippen LogP contribution in [0.5, 0.6) is 11.5 Å². The Balaban J connectivity index is 1.34. The number of ether oxygens (including phenoxy) is 2. The summed E-state index contributed by atoms with van der Waals surface area (Å²) in [7, 11) is 1.66. The average Bonchev–Trinajstić information content (AvgIpc) is 2.82. The minimum Gasteiger partial charge on any atom is -0.497 e. The van der Waals surface area contributed by atoms with Crippen molar-refractivity contribution in [2.45, 2.75) is 32.1 Å². The van der Waals surface area contributed by atoms with E-state index >= 15 is 0 Å². The maximum Gasteiger partial charge on any atom is 0.226 e. The zero-order valence-corrected chi connectivity index (χ0v) is 18.2. The van der Waals surface area contributed by atoms with Crippen molar-refractivity contribution in [3.8, 4) is 11.5 Å². The predicted molar refractivity (Wildman–Crippen MR) is 120 cm³/mol. The molecule has 1 saturated heterocycles. The molecule has 6 heteroatoms. The molecule has 1 atom stereocenters. The van der Waals surface area contributed by atoms with Gasteiger partial charge in [0.1, 0.15) is 11.5 Å². The van der Waals surface area contributed by atoms with E-state index in [1.54, 1.807) is 12.0 Å². The Morgan fingerprint density at radius 2 is 1.84 bits per heavy atom. The van der Waals surface area contributed by atoms with Gasteiger partial charge in [0.25, 0.3) is 0 Å². The number of hydrogen-bond donors (Lipinski definition) is 1. The van der Waals surface area contributed by atoms with Crippen molar-refractivity contribution >= 4 is 11.8 Å². The number of nitrogens with one attached hydrogen (secondary N) is 1. The standard InChI is InChI=1S/C25H32N2O4/c1-30-22-13-11-20(12-14-22)7-5-16-26-25(29)21-8-6-17-27(19-21)24(28)15-18-31-23-9-3-2-4-10-23/h2-4,9-14,21H,5-8,15-19H2,1H3,(H,26,29). The first-order valence-corrected chi connectivity index (χ1v) is 11.0. The maximum absolute atomic E-state index is 12.6. The van der Waals surface area contributed by atoms with Gasteiger partial charge in [-0.05, 0) is 55.5 Å². The number of likely N-dealkylation sites (tertiary alicyclic amines) is 1. The molecule has 0 spiro atoms. The zero-order chi connectivity index (χ0) is 21.9. The lowest BCUT2D eigenvalue weighted by Crippen LogP contribution is -2.45. The number of hydrogen-bond acceptors (Lipinski definition) is 4. The number of rotatable bonds is 10. The number of methoxy groups -OCH3 is 1. The van der Waals surface area contributed by atoms with Gasteiger partial charge < -0.3 is 19.7 Å². The lowest BCUT2D eigenvalue weighted by molar-refractivity contribution is -0.136. The van der Waals surface area contributed by atoms with E-state index in [0.29, 0.717) is 32.7 Å². The van der Waals surface area contributed by atoms with E-state index < -0.39 is 0 Å². The fourth-order valence-electron chi connectivity index (χ4n) is 3.79. The summed E-state index contributed by atoms with van der Waals surface area (Å²) in [5.41, 5.74) is 1.22. The van der Waals surface area contributed by atoms with Gasteiger partial charge in [-0.3, -0.25) is 9.59 Å². The van der Waals surface area contributed by atoms with Crippen LogP contribution in [-0.4, -0.2) is 50.1 Å². The second kappa shape index (κ2) is 12.0. The van der Waals surface area contributed by atoms with Gasteiger partial charge in [0.2, 0.25) is 11.8 Å². The maximum atomic E-state index is 12.6. The molecule has 2 aromatic carbocycles. The molecule has 2 aromatic rings. The van der Waals surface area contributed by atoms with Gasteiger partial charge in [0, 0.05) is 19.6 Å². The molecule has 6 nitrogen and oxygen atoms in total.